The Bertz CT molecular complexity index is 290. The Morgan fingerprint density at radius 2 is 2.33 bits per heavy atom. The summed E-state index contributed by atoms with van der Waals surface area (Å²) in [7, 11) is 2.13. The molecule has 2 aliphatic rings. The van der Waals surface area contributed by atoms with Crippen LogP contribution in [-0.4, -0.2) is 53.8 Å². The number of carbonyl (C=O) groups excluding carboxylic acids is 1. The van der Waals surface area contributed by atoms with Crippen LogP contribution in [0.1, 0.15) is 12.8 Å². The van der Waals surface area contributed by atoms with E-state index in [1.807, 2.05) is 4.90 Å². The molecular weight excluding hydrogens is 256 g/mol. The largest absolute Gasteiger partial charge is 0.338 e. The van der Waals surface area contributed by atoms with E-state index in [1.165, 1.54) is 5.57 Å². The predicted octanol–water partition coefficient (Wildman–Crippen LogP) is 1.24. The zero-order valence-electron chi connectivity index (χ0n) is 9.08. The van der Waals surface area contributed by atoms with E-state index in [9.17, 15) is 4.79 Å². The van der Waals surface area contributed by atoms with Gasteiger partial charge in [-0.05, 0) is 19.9 Å². The molecule has 2 heterocycles. The van der Waals surface area contributed by atoms with Gasteiger partial charge in [0.05, 0.1) is 4.83 Å². The number of hydrogen-bond donors (Lipinski definition) is 0. The predicted molar refractivity (Wildman–Crippen MR) is 64.1 cm³/mol. The van der Waals surface area contributed by atoms with E-state index in [4.69, 9.17) is 0 Å². The molecule has 0 aromatic heterocycles. The van der Waals surface area contributed by atoms with Crippen molar-refractivity contribution < 1.29 is 4.79 Å². The molecule has 0 aromatic carbocycles. The van der Waals surface area contributed by atoms with Gasteiger partial charge in [0.2, 0.25) is 5.91 Å². The van der Waals surface area contributed by atoms with Crippen molar-refractivity contribution in [3.05, 3.63) is 11.6 Å². The smallest absolute Gasteiger partial charge is 0.236 e. The van der Waals surface area contributed by atoms with Crippen LogP contribution in [-0.2, 0) is 4.79 Å². The van der Waals surface area contributed by atoms with E-state index in [0.717, 1.165) is 39.0 Å². The lowest BCUT2D eigenvalue weighted by atomic mass is 10.1. The normalized spacial score (nSPS) is 28.4. The molecule has 0 aromatic rings. The summed E-state index contributed by atoms with van der Waals surface area (Å²) in [6, 6.07) is 0. The first-order valence-electron chi connectivity index (χ1n) is 5.46. The second-order valence-electron chi connectivity index (χ2n) is 4.39. The zero-order chi connectivity index (χ0) is 10.8. The molecule has 0 radical (unpaired) electrons. The highest BCUT2D eigenvalue weighted by molar-refractivity contribution is 9.10. The molecule has 2 rings (SSSR count). The third-order valence-electron chi connectivity index (χ3n) is 3.13. The van der Waals surface area contributed by atoms with Crippen molar-refractivity contribution in [2.75, 3.05) is 33.2 Å². The Labute approximate surface area is 99.2 Å². The SMILES string of the molecule is CN1CC=C(CN2CCC(Br)C2=O)CC1. The molecule has 2 aliphatic heterocycles. The monoisotopic (exact) mass is 272 g/mol. The molecule has 3 nitrogen and oxygen atoms in total. The minimum Gasteiger partial charge on any atom is -0.338 e. The average molecular weight is 273 g/mol. The third-order valence-corrected chi connectivity index (χ3v) is 3.98. The van der Waals surface area contributed by atoms with Crippen LogP contribution in [0.5, 0.6) is 0 Å². The fourth-order valence-corrected chi connectivity index (χ4v) is 2.55. The highest BCUT2D eigenvalue weighted by Crippen LogP contribution is 2.21. The van der Waals surface area contributed by atoms with Crippen LogP contribution >= 0.6 is 15.9 Å². The van der Waals surface area contributed by atoms with Crippen LogP contribution in [0.25, 0.3) is 0 Å². The molecule has 0 aliphatic carbocycles. The maximum absolute atomic E-state index is 11.7. The van der Waals surface area contributed by atoms with Gasteiger partial charge in [-0.25, -0.2) is 0 Å². The van der Waals surface area contributed by atoms with Crippen molar-refractivity contribution in [1.29, 1.82) is 0 Å². The number of hydrogen-bond acceptors (Lipinski definition) is 2. The highest BCUT2D eigenvalue weighted by Gasteiger charge is 2.29. The van der Waals surface area contributed by atoms with E-state index in [0.29, 0.717) is 0 Å². The van der Waals surface area contributed by atoms with Crippen molar-refractivity contribution >= 4 is 21.8 Å². The standard InChI is InChI=1S/C11H17BrN2O/c1-13-5-2-9(3-6-13)8-14-7-4-10(12)11(14)15/h2,10H,3-8H2,1H3. The summed E-state index contributed by atoms with van der Waals surface area (Å²) in [6.45, 7) is 3.89. The molecule has 1 saturated heterocycles. The van der Waals surface area contributed by atoms with E-state index in [1.54, 1.807) is 0 Å². The van der Waals surface area contributed by atoms with Crippen LogP contribution in [0, 0.1) is 0 Å². The summed E-state index contributed by atoms with van der Waals surface area (Å²) in [5.41, 5.74) is 1.42. The number of likely N-dealkylation sites (N-methyl/N-ethyl adjacent to an activating group) is 1. The van der Waals surface area contributed by atoms with Crippen molar-refractivity contribution in [2.45, 2.75) is 17.7 Å². The molecular formula is C11H17BrN2O. The Balaban J connectivity index is 1.90. The van der Waals surface area contributed by atoms with Crippen LogP contribution in [0.2, 0.25) is 0 Å². The van der Waals surface area contributed by atoms with Gasteiger partial charge in [-0.3, -0.25) is 4.79 Å². The van der Waals surface area contributed by atoms with Gasteiger partial charge >= 0.3 is 0 Å². The number of alkyl halides is 1. The van der Waals surface area contributed by atoms with Crippen LogP contribution in [0.15, 0.2) is 11.6 Å². The van der Waals surface area contributed by atoms with Gasteiger partial charge in [-0.15, -0.1) is 0 Å². The molecule has 4 heteroatoms. The number of carbonyl (C=O) groups is 1. The second-order valence-corrected chi connectivity index (χ2v) is 5.50. The van der Waals surface area contributed by atoms with Crippen LogP contribution in [0.4, 0.5) is 0 Å². The first-order valence-corrected chi connectivity index (χ1v) is 6.37. The molecule has 1 unspecified atom stereocenters. The lowest BCUT2D eigenvalue weighted by molar-refractivity contribution is -0.126. The molecule has 0 spiro atoms. The highest BCUT2D eigenvalue weighted by atomic mass is 79.9. The Morgan fingerprint density at radius 1 is 1.53 bits per heavy atom. The number of rotatable bonds is 2. The Kier molecular flexibility index (Phi) is 3.46. The van der Waals surface area contributed by atoms with E-state index >= 15 is 0 Å². The quantitative estimate of drug-likeness (QED) is 0.558. The van der Waals surface area contributed by atoms with Crippen LogP contribution < -0.4 is 0 Å². The van der Waals surface area contributed by atoms with Gasteiger partial charge in [0.15, 0.2) is 0 Å². The zero-order valence-corrected chi connectivity index (χ0v) is 10.7. The fraction of sp³-hybridized carbons (Fsp3) is 0.727. The Morgan fingerprint density at radius 3 is 2.87 bits per heavy atom. The molecule has 84 valence electrons. The van der Waals surface area contributed by atoms with Gasteiger partial charge in [-0.1, -0.05) is 27.6 Å². The maximum atomic E-state index is 11.7. The molecule has 1 atom stereocenters. The lowest BCUT2D eigenvalue weighted by Crippen LogP contribution is -2.32. The number of nitrogens with zero attached hydrogens (tertiary/aromatic N) is 2. The minimum atomic E-state index is 0.0596. The summed E-state index contributed by atoms with van der Waals surface area (Å²) in [5.74, 6) is 0.259. The summed E-state index contributed by atoms with van der Waals surface area (Å²) in [5, 5.41) is 0. The van der Waals surface area contributed by atoms with Crippen LogP contribution in [0.3, 0.4) is 0 Å². The van der Waals surface area contributed by atoms with Crippen molar-refractivity contribution in [3.8, 4) is 0 Å². The van der Waals surface area contributed by atoms with Gasteiger partial charge in [0.25, 0.3) is 0 Å². The first-order chi connectivity index (χ1) is 7.16. The van der Waals surface area contributed by atoms with Gasteiger partial charge in [0.1, 0.15) is 0 Å². The summed E-state index contributed by atoms with van der Waals surface area (Å²) >= 11 is 3.40. The summed E-state index contributed by atoms with van der Waals surface area (Å²) < 4.78 is 0. The molecule has 0 saturated carbocycles. The third kappa shape index (κ3) is 2.61. The maximum Gasteiger partial charge on any atom is 0.236 e. The fourth-order valence-electron chi connectivity index (χ4n) is 2.06. The molecule has 15 heavy (non-hydrogen) atoms. The van der Waals surface area contributed by atoms with E-state index < -0.39 is 0 Å². The average Bonchev–Trinajstić information content (AvgIpc) is 2.53. The number of halogens is 1. The number of likely N-dealkylation sites (tertiary alicyclic amines) is 1. The van der Waals surface area contributed by atoms with Gasteiger partial charge < -0.3 is 9.80 Å². The molecule has 1 fully saturated rings. The Hall–Kier alpha value is -0.350. The topological polar surface area (TPSA) is 23.6 Å². The molecule has 0 N–H and O–H groups in total. The summed E-state index contributed by atoms with van der Waals surface area (Å²) in [6.07, 6.45) is 4.32. The second kappa shape index (κ2) is 4.66. The molecule has 1 amide bonds. The minimum absolute atomic E-state index is 0.0596. The van der Waals surface area contributed by atoms with Crippen molar-refractivity contribution in [2.24, 2.45) is 0 Å². The van der Waals surface area contributed by atoms with Gasteiger partial charge in [0, 0.05) is 26.2 Å². The van der Waals surface area contributed by atoms with Gasteiger partial charge in [-0.2, -0.15) is 0 Å². The lowest BCUT2D eigenvalue weighted by Gasteiger charge is -2.25. The number of amides is 1. The van der Waals surface area contributed by atoms with E-state index in [-0.39, 0.29) is 10.7 Å². The first kappa shape index (κ1) is 11.1. The molecule has 0 bridgehead atoms. The van der Waals surface area contributed by atoms with Crippen molar-refractivity contribution in [3.63, 3.8) is 0 Å². The van der Waals surface area contributed by atoms with E-state index in [2.05, 4.69) is 34.0 Å². The summed E-state index contributed by atoms with van der Waals surface area (Å²) in [4.78, 5) is 16.0. The van der Waals surface area contributed by atoms with Crippen molar-refractivity contribution in [1.82, 2.24) is 9.80 Å².